The van der Waals surface area contributed by atoms with Gasteiger partial charge in [0.05, 0.1) is 36.8 Å². The molecule has 1 heterocycles. The second kappa shape index (κ2) is 6.84. The molecule has 6 heteroatoms. The second-order valence-corrected chi connectivity index (χ2v) is 8.84. The number of hydrogen-bond donors (Lipinski definition) is 0. The first-order valence-corrected chi connectivity index (χ1v) is 10.9. The first-order chi connectivity index (χ1) is 15.6. The number of imide groups is 1. The van der Waals surface area contributed by atoms with E-state index in [9.17, 15) is 9.59 Å². The number of carbonyl (C=O) groups is 2. The zero-order valence-electron chi connectivity index (χ0n) is 17.5. The van der Waals surface area contributed by atoms with Crippen LogP contribution < -0.4 is 14.4 Å². The summed E-state index contributed by atoms with van der Waals surface area (Å²) in [5.41, 5.74) is 4.93. The number of carbonyl (C=O) groups excluding carboxylic acids is 2. The van der Waals surface area contributed by atoms with Crippen molar-refractivity contribution >= 4 is 29.1 Å². The minimum absolute atomic E-state index is 0.154. The van der Waals surface area contributed by atoms with E-state index in [1.165, 1.54) is 19.1 Å². The van der Waals surface area contributed by atoms with Gasteiger partial charge in [0.2, 0.25) is 11.8 Å². The van der Waals surface area contributed by atoms with E-state index in [-0.39, 0.29) is 23.7 Å². The molecule has 2 bridgehead atoms. The Balaban J connectivity index is 1.56. The monoisotopic (exact) mass is 445 g/mol. The Bertz CT molecular complexity index is 1190. The summed E-state index contributed by atoms with van der Waals surface area (Å²) in [6, 6.07) is 19.6. The van der Waals surface area contributed by atoms with Crippen LogP contribution >= 0.6 is 11.6 Å². The van der Waals surface area contributed by atoms with E-state index in [4.69, 9.17) is 21.1 Å². The SMILES string of the molecule is COc1cc(N2C(=O)C3C4c5ccccc5C(c5ccccc54)C3C2=O)c(OC)cc1Cl. The molecule has 2 amide bonds. The van der Waals surface area contributed by atoms with Crippen LogP contribution in [0.5, 0.6) is 11.5 Å². The van der Waals surface area contributed by atoms with Crippen molar-refractivity contribution in [2.45, 2.75) is 11.8 Å². The maximum atomic E-state index is 13.9. The Morgan fingerprint density at radius 3 is 1.56 bits per heavy atom. The van der Waals surface area contributed by atoms with E-state index in [0.717, 1.165) is 22.3 Å². The maximum absolute atomic E-state index is 13.9. The zero-order chi connectivity index (χ0) is 22.1. The smallest absolute Gasteiger partial charge is 0.238 e. The Labute approximate surface area is 190 Å². The minimum Gasteiger partial charge on any atom is -0.495 e. The molecule has 3 aromatic carbocycles. The van der Waals surface area contributed by atoms with Gasteiger partial charge in [-0.25, -0.2) is 4.90 Å². The van der Waals surface area contributed by atoms with Crippen LogP contribution in [0.25, 0.3) is 0 Å². The molecule has 1 aliphatic heterocycles. The molecule has 32 heavy (non-hydrogen) atoms. The second-order valence-electron chi connectivity index (χ2n) is 8.44. The van der Waals surface area contributed by atoms with E-state index in [2.05, 4.69) is 24.3 Å². The first-order valence-electron chi connectivity index (χ1n) is 10.5. The van der Waals surface area contributed by atoms with Gasteiger partial charge in [0.1, 0.15) is 11.5 Å². The van der Waals surface area contributed by atoms with Crippen LogP contribution in [0.1, 0.15) is 34.1 Å². The van der Waals surface area contributed by atoms with Crippen LogP contribution in [-0.4, -0.2) is 26.0 Å². The molecule has 2 atom stereocenters. The molecule has 5 nitrogen and oxygen atoms in total. The molecule has 7 rings (SSSR count). The molecule has 0 saturated carbocycles. The fourth-order valence-corrected chi connectivity index (χ4v) is 6.16. The van der Waals surface area contributed by atoms with Gasteiger partial charge in [-0.1, -0.05) is 60.1 Å². The predicted molar refractivity (Wildman–Crippen MR) is 121 cm³/mol. The zero-order valence-corrected chi connectivity index (χ0v) is 18.3. The fourth-order valence-electron chi connectivity index (χ4n) is 5.93. The molecule has 0 N–H and O–H groups in total. The number of benzene rings is 3. The third-order valence-corrected chi connectivity index (χ3v) is 7.44. The van der Waals surface area contributed by atoms with Crippen molar-refractivity contribution in [3.63, 3.8) is 0 Å². The van der Waals surface area contributed by atoms with Crippen LogP contribution in [0.2, 0.25) is 5.02 Å². The summed E-state index contributed by atoms with van der Waals surface area (Å²) in [7, 11) is 2.99. The lowest BCUT2D eigenvalue weighted by atomic mass is 9.55. The summed E-state index contributed by atoms with van der Waals surface area (Å²) in [4.78, 5) is 29.1. The molecule has 0 aromatic heterocycles. The van der Waals surface area contributed by atoms with E-state index in [1.807, 2.05) is 24.3 Å². The summed E-state index contributed by atoms with van der Waals surface area (Å²) < 4.78 is 10.8. The van der Waals surface area contributed by atoms with Crippen molar-refractivity contribution < 1.29 is 19.1 Å². The quantitative estimate of drug-likeness (QED) is 0.546. The standard InChI is InChI=1S/C26H20ClNO4/c1-31-19-12-18(20(32-2)11-17(19)27)28-25(29)23-21-13-7-3-4-8-14(13)22(24(23)26(28)30)16-10-6-5-9-15(16)21/h3-12,21-24H,1-2H3. The Morgan fingerprint density at radius 2 is 1.16 bits per heavy atom. The van der Waals surface area contributed by atoms with Crippen molar-refractivity contribution in [2.24, 2.45) is 11.8 Å². The topological polar surface area (TPSA) is 55.8 Å². The highest BCUT2D eigenvalue weighted by molar-refractivity contribution is 6.32. The highest BCUT2D eigenvalue weighted by Crippen LogP contribution is 2.61. The average molecular weight is 446 g/mol. The van der Waals surface area contributed by atoms with Crippen molar-refractivity contribution in [3.8, 4) is 11.5 Å². The lowest BCUT2D eigenvalue weighted by Gasteiger charge is -2.45. The number of hydrogen-bond acceptors (Lipinski definition) is 4. The van der Waals surface area contributed by atoms with Crippen molar-refractivity contribution in [1.82, 2.24) is 0 Å². The molecule has 160 valence electrons. The number of rotatable bonds is 3. The molecule has 0 radical (unpaired) electrons. The van der Waals surface area contributed by atoms with Gasteiger partial charge in [0.15, 0.2) is 0 Å². The van der Waals surface area contributed by atoms with Gasteiger partial charge in [-0.05, 0) is 22.3 Å². The van der Waals surface area contributed by atoms with Crippen LogP contribution in [0.15, 0.2) is 60.7 Å². The van der Waals surface area contributed by atoms with Crippen molar-refractivity contribution in [2.75, 3.05) is 19.1 Å². The van der Waals surface area contributed by atoms with Gasteiger partial charge in [-0.3, -0.25) is 9.59 Å². The molecule has 0 spiro atoms. The normalized spacial score (nSPS) is 24.8. The molecule has 1 fully saturated rings. The number of nitrogens with zero attached hydrogens (tertiary/aromatic N) is 1. The summed E-state index contributed by atoms with van der Waals surface area (Å²) >= 11 is 6.27. The Kier molecular flexibility index (Phi) is 4.14. The van der Waals surface area contributed by atoms with Crippen LogP contribution in [0.3, 0.4) is 0 Å². The number of ether oxygens (including phenoxy) is 2. The lowest BCUT2D eigenvalue weighted by molar-refractivity contribution is -0.122. The molecular formula is C26H20ClNO4. The predicted octanol–water partition coefficient (Wildman–Crippen LogP) is 4.75. The molecule has 1 saturated heterocycles. The molecule has 3 aromatic rings. The summed E-state index contributed by atoms with van der Waals surface area (Å²) in [5, 5.41) is 0.351. The highest BCUT2D eigenvalue weighted by Gasteiger charge is 2.62. The third-order valence-electron chi connectivity index (χ3n) is 7.14. The van der Waals surface area contributed by atoms with Gasteiger partial charge >= 0.3 is 0 Å². The maximum Gasteiger partial charge on any atom is 0.238 e. The number of halogens is 1. The largest absolute Gasteiger partial charge is 0.495 e. The van der Waals surface area contributed by atoms with Gasteiger partial charge < -0.3 is 9.47 Å². The highest BCUT2D eigenvalue weighted by atomic mass is 35.5. The lowest BCUT2D eigenvalue weighted by Crippen LogP contribution is -2.41. The first kappa shape index (κ1) is 19.4. The van der Waals surface area contributed by atoms with Gasteiger partial charge in [-0.15, -0.1) is 0 Å². The number of amides is 2. The summed E-state index contributed by atoms with van der Waals surface area (Å²) in [6.07, 6.45) is 0. The fraction of sp³-hybridized carbons (Fsp3) is 0.231. The number of methoxy groups -OCH3 is 2. The third kappa shape index (κ3) is 2.34. The molecule has 2 unspecified atom stereocenters. The summed E-state index contributed by atoms with van der Waals surface area (Å²) in [6.45, 7) is 0. The molecular weight excluding hydrogens is 426 g/mol. The Hall–Kier alpha value is -3.31. The minimum atomic E-state index is -0.455. The van der Waals surface area contributed by atoms with Gasteiger partial charge in [-0.2, -0.15) is 0 Å². The van der Waals surface area contributed by atoms with Crippen LogP contribution in [0, 0.1) is 11.8 Å². The molecule has 3 aliphatic carbocycles. The van der Waals surface area contributed by atoms with E-state index < -0.39 is 11.8 Å². The van der Waals surface area contributed by atoms with Gasteiger partial charge in [0, 0.05) is 24.0 Å². The van der Waals surface area contributed by atoms with Crippen LogP contribution in [0.4, 0.5) is 5.69 Å². The number of anilines is 1. The molecule has 4 aliphatic rings. The van der Waals surface area contributed by atoms with E-state index >= 15 is 0 Å². The van der Waals surface area contributed by atoms with E-state index in [1.54, 1.807) is 12.1 Å². The van der Waals surface area contributed by atoms with Crippen LogP contribution in [-0.2, 0) is 9.59 Å². The summed E-state index contributed by atoms with van der Waals surface area (Å²) in [5.74, 6) is -0.889. The average Bonchev–Trinajstić information content (AvgIpc) is 3.09. The van der Waals surface area contributed by atoms with E-state index in [0.29, 0.717) is 22.2 Å². The van der Waals surface area contributed by atoms with Crippen molar-refractivity contribution in [1.29, 1.82) is 0 Å². The van der Waals surface area contributed by atoms with Crippen molar-refractivity contribution in [3.05, 3.63) is 87.9 Å². The van der Waals surface area contributed by atoms with Gasteiger partial charge in [0.25, 0.3) is 0 Å². The Morgan fingerprint density at radius 1 is 0.719 bits per heavy atom.